The Morgan fingerprint density at radius 1 is 1.00 bits per heavy atom. The van der Waals surface area contributed by atoms with E-state index in [9.17, 15) is 18.0 Å². The van der Waals surface area contributed by atoms with Gasteiger partial charge in [-0.1, -0.05) is 12.1 Å². The third-order valence-corrected chi connectivity index (χ3v) is 3.95. The largest absolute Gasteiger partial charge is 0.481 e. The van der Waals surface area contributed by atoms with Crippen LogP contribution < -0.4 is 0 Å². The van der Waals surface area contributed by atoms with Gasteiger partial charge in [-0.05, 0) is 17.7 Å². The van der Waals surface area contributed by atoms with Gasteiger partial charge < -0.3 is 10.2 Å². The third kappa shape index (κ3) is 4.17. The van der Waals surface area contributed by atoms with E-state index in [4.69, 9.17) is 10.2 Å². The summed E-state index contributed by atoms with van der Waals surface area (Å²) in [4.78, 5) is 20.8. The molecule has 0 atom stereocenters. The molecule has 1 aromatic rings. The van der Waals surface area contributed by atoms with E-state index in [1.165, 1.54) is 24.3 Å². The summed E-state index contributed by atoms with van der Waals surface area (Å²) in [6.07, 6.45) is -0.644. The minimum Gasteiger partial charge on any atom is -0.481 e. The Morgan fingerprint density at radius 2 is 1.56 bits per heavy atom. The van der Waals surface area contributed by atoms with Gasteiger partial charge in [0, 0.05) is 0 Å². The predicted octanol–water partition coefficient (Wildman–Crippen LogP) is 0.562. The van der Waals surface area contributed by atoms with Crippen LogP contribution in [0.25, 0.3) is 0 Å². The SMILES string of the molecule is O=C(O)CCS(=O)(=O)c1ccc(CC(=O)O)cc1. The number of carboxylic acids is 2. The van der Waals surface area contributed by atoms with Crippen molar-refractivity contribution in [2.45, 2.75) is 17.7 Å². The second kappa shape index (κ2) is 5.63. The number of benzene rings is 1. The fraction of sp³-hybridized carbons (Fsp3) is 0.273. The molecule has 1 rings (SSSR count). The summed E-state index contributed by atoms with van der Waals surface area (Å²) in [6, 6.07) is 5.38. The smallest absolute Gasteiger partial charge is 0.307 e. The molecule has 18 heavy (non-hydrogen) atoms. The quantitative estimate of drug-likeness (QED) is 0.783. The van der Waals surface area contributed by atoms with Gasteiger partial charge in [0.2, 0.25) is 0 Å². The molecule has 0 aliphatic carbocycles. The van der Waals surface area contributed by atoms with Crippen LogP contribution in [0, 0.1) is 0 Å². The minimum atomic E-state index is -3.63. The van der Waals surface area contributed by atoms with Crippen molar-refractivity contribution >= 4 is 21.8 Å². The van der Waals surface area contributed by atoms with Gasteiger partial charge in [0.25, 0.3) is 0 Å². The van der Waals surface area contributed by atoms with Crippen LogP contribution in [0.4, 0.5) is 0 Å². The highest BCUT2D eigenvalue weighted by molar-refractivity contribution is 7.91. The summed E-state index contributed by atoms with van der Waals surface area (Å²) in [5.74, 6) is -2.65. The van der Waals surface area contributed by atoms with E-state index in [1.807, 2.05) is 0 Å². The Balaban J connectivity index is 2.84. The zero-order chi connectivity index (χ0) is 13.8. The number of hydrogen-bond donors (Lipinski definition) is 2. The van der Waals surface area contributed by atoms with Crippen LogP contribution in [0.3, 0.4) is 0 Å². The van der Waals surface area contributed by atoms with Crippen molar-refractivity contribution in [1.29, 1.82) is 0 Å². The van der Waals surface area contributed by atoms with E-state index in [-0.39, 0.29) is 11.3 Å². The highest BCUT2D eigenvalue weighted by Crippen LogP contribution is 2.13. The molecule has 0 heterocycles. The van der Waals surface area contributed by atoms with Crippen LogP contribution in [-0.2, 0) is 25.8 Å². The highest BCUT2D eigenvalue weighted by atomic mass is 32.2. The first kappa shape index (κ1) is 14.2. The van der Waals surface area contributed by atoms with Crippen molar-refractivity contribution < 1.29 is 28.2 Å². The van der Waals surface area contributed by atoms with Crippen molar-refractivity contribution in [3.8, 4) is 0 Å². The summed E-state index contributed by atoms with van der Waals surface area (Å²) in [6.45, 7) is 0. The maximum Gasteiger partial charge on any atom is 0.307 e. The molecule has 0 amide bonds. The Bertz CT molecular complexity index is 543. The molecule has 0 radical (unpaired) electrons. The molecule has 7 heteroatoms. The zero-order valence-corrected chi connectivity index (χ0v) is 10.2. The van der Waals surface area contributed by atoms with Crippen molar-refractivity contribution in [2.75, 3.05) is 5.75 Å². The Morgan fingerprint density at radius 3 is 2.00 bits per heavy atom. The first-order valence-corrected chi connectivity index (χ1v) is 6.72. The van der Waals surface area contributed by atoms with Crippen LogP contribution in [0.15, 0.2) is 29.2 Å². The van der Waals surface area contributed by atoms with Gasteiger partial charge in [-0.25, -0.2) is 8.42 Å². The van der Waals surface area contributed by atoms with E-state index in [2.05, 4.69) is 0 Å². The Labute approximate surface area is 104 Å². The van der Waals surface area contributed by atoms with Gasteiger partial charge in [0.15, 0.2) is 9.84 Å². The van der Waals surface area contributed by atoms with Crippen LogP contribution in [0.5, 0.6) is 0 Å². The van der Waals surface area contributed by atoms with E-state index < -0.39 is 33.9 Å². The topological polar surface area (TPSA) is 109 Å². The summed E-state index contributed by atoms with van der Waals surface area (Å²) in [7, 11) is -3.63. The minimum absolute atomic E-state index is 0.00195. The number of sulfone groups is 1. The normalized spacial score (nSPS) is 11.1. The third-order valence-electron chi connectivity index (χ3n) is 2.22. The summed E-state index contributed by atoms with van der Waals surface area (Å²) in [5.41, 5.74) is 0.486. The molecule has 2 N–H and O–H groups in total. The number of rotatable bonds is 6. The average Bonchev–Trinajstić information content (AvgIpc) is 2.26. The van der Waals surface area contributed by atoms with E-state index in [1.54, 1.807) is 0 Å². The van der Waals surface area contributed by atoms with E-state index in [0.717, 1.165) is 0 Å². The van der Waals surface area contributed by atoms with Gasteiger partial charge in [0.05, 0.1) is 23.5 Å². The van der Waals surface area contributed by atoms with Crippen molar-refractivity contribution in [3.63, 3.8) is 0 Å². The second-order valence-corrected chi connectivity index (χ2v) is 5.79. The number of carboxylic acid groups (broad SMARTS) is 2. The molecule has 0 unspecified atom stereocenters. The standard InChI is InChI=1S/C11H12O6S/c12-10(13)5-6-18(16,17)9-3-1-8(2-4-9)7-11(14)15/h1-4H,5-7H2,(H,12,13)(H,14,15). The molecule has 0 bridgehead atoms. The lowest BCUT2D eigenvalue weighted by molar-refractivity contribution is -0.137. The predicted molar refractivity (Wildman–Crippen MR) is 62.1 cm³/mol. The second-order valence-electron chi connectivity index (χ2n) is 3.68. The number of aliphatic carboxylic acids is 2. The van der Waals surface area contributed by atoms with Crippen molar-refractivity contribution in [1.82, 2.24) is 0 Å². The molecule has 98 valence electrons. The molecule has 0 spiro atoms. The van der Waals surface area contributed by atoms with Gasteiger partial charge in [-0.2, -0.15) is 0 Å². The van der Waals surface area contributed by atoms with E-state index in [0.29, 0.717) is 5.56 Å². The van der Waals surface area contributed by atoms with Gasteiger partial charge in [-0.15, -0.1) is 0 Å². The lowest BCUT2D eigenvalue weighted by atomic mass is 10.2. The maximum atomic E-state index is 11.7. The molecule has 0 aliphatic heterocycles. The van der Waals surface area contributed by atoms with Gasteiger partial charge >= 0.3 is 11.9 Å². The Kier molecular flexibility index (Phi) is 4.43. The molecular formula is C11H12O6S. The lowest BCUT2D eigenvalue weighted by Gasteiger charge is -2.03. The number of hydrogen-bond acceptors (Lipinski definition) is 4. The monoisotopic (exact) mass is 272 g/mol. The molecule has 0 aliphatic rings. The average molecular weight is 272 g/mol. The fourth-order valence-corrected chi connectivity index (χ4v) is 2.56. The fourth-order valence-electron chi connectivity index (χ4n) is 1.33. The highest BCUT2D eigenvalue weighted by Gasteiger charge is 2.16. The molecule has 0 aromatic heterocycles. The summed E-state index contributed by atoms with van der Waals surface area (Å²) in [5, 5.41) is 17.0. The molecule has 1 aromatic carbocycles. The van der Waals surface area contributed by atoms with Gasteiger partial charge in [0.1, 0.15) is 0 Å². The molecule has 6 nitrogen and oxygen atoms in total. The van der Waals surface area contributed by atoms with Crippen molar-refractivity contribution in [3.05, 3.63) is 29.8 Å². The zero-order valence-electron chi connectivity index (χ0n) is 9.37. The van der Waals surface area contributed by atoms with Crippen molar-refractivity contribution in [2.24, 2.45) is 0 Å². The Hall–Kier alpha value is -1.89. The first-order chi connectivity index (χ1) is 8.31. The molecular weight excluding hydrogens is 260 g/mol. The summed E-state index contributed by atoms with van der Waals surface area (Å²) < 4.78 is 23.4. The summed E-state index contributed by atoms with van der Waals surface area (Å²) >= 11 is 0. The number of carbonyl (C=O) groups is 2. The molecule has 0 saturated heterocycles. The first-order valence-electron chi connectivity index (χ1n) is 5.06. The van der Waals surface area contributed by atoms with Crippen LogP contribution in [0.1, 0.15) is 12.0 Å². The molecule has 0 saturated carbocycles. The van der Waals surface area contributed by atoms with Crippen LogP contribution in [-0.4, -0.2) is 36.3 Å². The van der Waals surface area contributed by atoms with E-state index >= 15 is 0 Å². The lowest BCUT2D eigenvalue weighted by Crippen LogP contribution is -2.11. The maximum absolute atomic E-state index is 11.7. The van der Waals surface area contributed by atoms with Crippen LogP contribution >= 0.6 is 0 Å². The van der Waals surface area contributed by atoms with Crippen LogP contribution in [0.2, 0.25) is 0 Å². The van der Waals surface area contributed by atoms with Gasteiger partial charge in [-0.3, -0.25) is 9.59 Å². The molecule has 0 fully saturated rings.